The van der Waals surface area contributed by atoms with Gasteiger partial charge in [-0.3, -0.25) is 4.79 Å². The van der Waals surface area contributed by atoms with Gasteiger partial charge in [-0.05, 0) is 36.1 Å². The van der Waals surface area contributed by atoms with Crippen LogP contribution in [-0.2, 0) is 16.6 Å². The summed E-state index contributed by atoms with van der Waals surface area (Å²) in [6, 6.07) is 16.3. The van der Waals surface area contributed by atoms with E-state index in [0.29, 0.717) is 5.69 Å². The molecule has 4 aromatic rings. The summed E-state index contributed by atoms with van der Waals surface area (Å²) in [7, 11) is -3.63. The molecule has 0 atom stereocenters. The maximum Gasteiger partial charge on any atom is 0.266 e. The first-order valence-corrected chi connectivity index (χ1v) is 13.0. The summed E-state index contributed by atoms with van der Waals surface area (Å²) in [6.45, 7) is 2.06. The highest BCUT2D eigenvalue weighted by Gasteiger charge is 2.14. The molecular weight excluding hydrogens is 464 g/mol. The Balaban J connectivity index is 1.46. The summed E-state index contributed by atoms with van der Waals surface area (Å²) in [4.78, 5) is 18.8. The first-order chi connectivity index (χ1) is 15.4. The molecule has 0 saturated carbocycles. The summed E-state index contributed by atoms with van der Waals surface area (Å²) >= 11 is 3.13. The number of thiophene rings is 1. The van der Waals surface area contributed by atoms with Crippen LogP contribution in [0.2, 0.25) is 0 Å². The third-order valence-corrected chi connectivity index (χ3v) is 7.81. The standard InChI is InChI=1S/C22H20N4O3S3/c1-16-21(31-22(24-16)19-8-5-14-30-19)18-9-10-20(27)26(25-18)13-12-23-32(28,29)15-11-17-6-3-2-4-7-17/h2-11,14-15,23H,12-13H2,1H3. The smallest absolute Gasteiger partial charge is 0.266 e. The van der Waals surface area contributed by atoms with Gasteiger partial charge in [0.05, 0.1) is 22.0 Å². The average Bonchev–Trinajstić information content (AvgIpc) is 3.44. The molecule has 0 spiro atoms. The van der Waals surface area contributed by atoms with E-state index >= 15 is 0 Å². The molecule has 1 N–H and O–H groups in total. The molecule has 4 rings (SSSR count). The van der Waals surface area contributed by atoms with Crippen molar-refractivity contribution in [3.8, 4) is 20.5 Å². The fourth-order valence-corrected chi connectivity index (χ4v) is 5.58. The van der Waals surface area contributed by atoms with Crippen LogP contribution in [0, 0.1) is 6.92 Å². The second kappa shape index (κ2) is 9.70. The average molecular weight is 485 g/mol. The Morgan fingerprint density at radius 1 is 1.09 bits per heavy atom. The van der Waals surface area contributed by atoms with Crippen molar-refractivity contribution in [2.24, 2.45) is 0 Å². The molecule has 10 heteroatoms. The summed E-state index contributed by atoms with van der Waals surface area (Å²) in [6.07, 6.45) is 1.52. The van der Waals surface area contributed by atoms with Gasteiger partial charge >= 0.3 is 0 Å². The third kappa shape index (κ3) is 5.46. The van der Waals surface area contributed by atoms with Crippen molar-refractivity contribution in [1.29, 1.82) is 0 Å². The molecule has 0 bridgehead atoms. The largest absolute Gasteiger partial charge is 0.268 e. The fourth-order valence-electron chi connectivity index (χ4n) is 2.94. The number of hydrogen-bond acceptors (Lipinski definition) is 7. The molecule has 0 amide bonds. The molecule has 0 fully saturated rings. The SMILES string of the molecule is Cc1nc(-c2cccs2)sc1-c1ccc(=O)n(CCNS(=O)(=O)C=Cc2ccccc2)n1. The van der Waals surface area contributed by atoms with Crippen LogP contribution in [0.15, 0.2) is 70.2 Å². The molecule has 3 heterocycles. The lowest BCUT2D eigenvalue weighted by molar-refractivity contribution is 0.554. The summed E-state index contributed by atoms with van der Waals surface area (Å²) in [5.41, 5.74) is 1.95. The normalized spacial score (nSPS) is 11.9. The number of benzene rings is 1. The van der Waals surface area contributed by atoms with Crippen LogP contribution in [0.1, 0.15) is 11.3 Å². The molecule has 0 saturated heterocycles. The predicted octanol–water partition coefficient (Wildman–Crippen LogP) is 3.99. The molecule has 0 aliphatic carbocycles. The number of hydrogen-bond donors (Lipinski definition) is 1. The third-order valence-electron chi connectivity index (χ3n) is 4.49. The molecule has 164 valence electrons. The molecule has 0 radical (unpaired) electrons. The van der Waals surface area contributed by atoms with Gasteiger partial charge in [0, 0.05) is 18.0 Å². The minimum Gasteiger partial charge on any atom is -0.268 e. The topological polar surface area (TPSA) is 94.0 Å². The Kier molecular flexibility index (Phi) is 6.75. The van der Waals surface area contributed by atoms with Crippen molar-refractivity contribution in [3.05, 3.63) is 87.0 Å². The number of nitrogens with zero attached hydrogens (tertiary/aromatic N) is 3. The van der Waals surface area contributed by atoms with E-state index in [1.807, 2.05) is 54.8 Å². The van der Waals surface area contributed by atoms with Gasteiger partial charge in [-0.1, -0.05) is 36.4 Å². The zero-order chi connectivity index (χ0) is 22.6. The minimum atomic E-state index is -3.63. The van der Waals surface area contributed by atoms with Crippen LogP contribution in [0.5, 0.6) is 0 Å². The minimum absolute atomic E-state index is 0.0416. The van der Waals surface area contributed by atoms with Gasteiger partial charge in [0.2, 0.25) is 10.0 Å². The van der Waals surface area contributed by atoms with Gasteiger partial charge in [0.15, 0.2) is 0 Å². The van der Waals surface area contributed by atoms with E-state index in [0.717, 1.165) is 31.4 Å². The maximum absolute atomic E-state index is 12.2. The first-order valence-electron chi connectivity index (χ1n) is 9.74. The highest BCUT2D eigenvalue weighted by Crippen LogP contribution is 2.35. The van der Waals surface area contributed by atoms with Gasteiger partial charge in [0.25, 0.3) is 5.56 Å². The van der Waals surface area contributed by atoms with Crippen molar-refractivity contribution < 1.29 is 8.42 Å². The molecule has 32 heavy (non-hydrogen) atoms. The lowest BCUT2D eigenvalue weighted by Crippen LogP contribution is -2.31. The number of aromatic nitrogens is 3. The number of rotatable bonds is 8. The molecule has 0 unspecified atom stereocenters. The maximum atomic E-state index is 12.2. The van der Waals surface area contributed by atoms with Crippen LogP contribution in [0.25, 0.3) is 26.5 Å². The van der Waals surface area contributed by atoms with E-state index in [9.17, 15) is 13.2 Å². The quantitative estimate of drug-likeness (QED) is 0.408. The molecular formula is C22H20N4O3S3. The van der Waals surface area contributed by atoms with E-state index < -0.39 is 10.0 Å². The monoisotopic (exact) mass is 484 g/mol. The van der Waals surface area contributed by atoms with E-state index in [1.165, 1.54) is 28.2 Å². The molecule has 0 aliphatic heterocycles. The van der Waals surface area contributed by atoms with E-state index in [1.54, 1.807) is 17.4 Å². The van der Waals surface area contributed by atoms with Crippen molar-refractivity contribution in [1.82, 2.24) is 19.5 Å². The number of sulfonamides is 1. The first kappa shape index (κ1) is 22.3. The lowest BCUT2D eigenvalue weighted by Gasteiger charge is -2.07. The Morgan fingerprint density at radius 3 is 2.66 bits per heavy atom. The van der Waals surface area contributed by atoms with Gasteiger partial charge in [-0.25, -0.2) is 22.8 Å². The number of nitrogens with one attached hydrogen (secondary N) is 1. The summed E-state index contributed by atoms with van der Waals surface area (Å²) in [5.74, 6) is 0. The number of aryl methyl sites for hydroxylation is 1. The van der Waals surface area contributed by atoms with Gasteiger partial charge in [-0.2, -0.15) is 5.10 Å². The van der Waals surface area contributed by atoms with Crippen molar-refractivity contribution in [3.63, 3.8) is 0 Å². The highest BCUT2D eigenvalue weighted by atomic mass is 32.2. The predicted molar refractivity (Wildman–Crippen MR) is 130 cm³/mol. The van der Waals surface area contributed by atoms with E-state index in [4.69, 9.17) is 0 Å². The molecule has 3 aromatic heterocycles. The van der Waals surface area contributed by atoms with Gasteiger partial charge in [0.1, 0.15) is 10.7 Å². The van der Waals surface area contributed by atoms with Crippen molar-refractivity contribution >= 4 is 38.8 Å². The Morgan fingerprint density at radius 2 is 1.91 bits per heavy atom. The number of thiazole rings is 1. The van der Waals surface area contributed by atoms with Crippen molar-refractivity contribution in [2.45, 2.75) is 13.5 Å². The van der Waals surface area contributed by atoms with E-state index in [-0.39, 0.29) is 18.6 Å². The van der Waals surface area contributed by atoms with Crippen LogP contribution in [-0.4, -0.2) is 29.7 Å². The van der Waals surface area contributed by atoms with Gasteiger partial charge < -0.3 is 0 Å². The van der Waals surface area contributed by atoms with Crippen LogP contribution in [0.4, 0.5) is 0 Å². The summed E-state index contributed by atoms with van der Waals surface area (Å²) < 4.78 is 28.2. The second-order valence-corrected chi connectivity index (χ2v) is 10.4. The zero-order valence-electron chi connectivity index (χ0n) is 17.1. The van der Waals surface area contributed by atoms with Crippen LogP contribution < -0.4 is 10.3 Å². The van der Waals surface area contributed by atoms with Crippen LogP contribution in [0.3, 0.4) is 0 Å². The Labute approximate surface area is 193 Å². The van der Waals surface area contributed by atoms with E-state index in [2.05, 4.69) is 14.8 Å². The molecule has 1 aromatic carbocycles. The summed E-state index contributed by atoms with van der Waals surface area (Å²) in [5, 5.41) is 8.46. The van der Waals surface area contributed by atoms with Crippen LogP contribution >= 0.6 is 22.7 Å². The molecule has 7 nitrogen and oxygen atoms in total. The fraction of sp³-hybridized carbons (Fsp3) is 0.136. The van der Waals surface area contributed by atoms with Crippen molar-refractivity contribution in [2.75, 3.05) is 6.54 Å². The Bertz CT molecular complexity index is 1390. The molecule has 0 aliphatic rings. The second-order valence-electron chi connectivity index (χ2n) is 6.84. The zero-order valence-corrected chi connectivity index (χ0v) is 19.6. The van der Waals surface area contributed by atoms with Gasteiger partial charge in [-0.15, -0.1) is 22.7 Å². The highest BCUT2D eigenvalue weighted by molar-refractivity contribution is 7.92. The Hall–Kier alpha value is -2.92. The lowest BCUT2D eigenvalue weighted by atomic mass is 10.2.